The van der Waals surface area contributed by atoms with Gasteiger partial charge in [0.05, 0.1) is 23.2 Å². The number of hydrogen-bond acceptors (Lipinski definition) is 6. The van der Waals surface area contributed by atoms with Crippen LogP contribution in [0.2, 0.25) is 0 Å². The van der Waals surface area contributed by atoms with Crippen molar-refractivity contribution in [3.05, 3.63) is 65.0 Å². The third-order valence-corrected chi connectivity index (χ3v) is 7.92. The van der Waals surface area contributed by atoms with Crippen LogP contribution in [0.1, 0.15) is 66.0 Å². The Kier molecular flexibility index (Phi) is 8.61. The molecule has 2 aliphatic rings. The van der Waals surface area contributed by atoms with Gasteiger partial charge in [-0.25, -0.2) is 4.98 Å². The van der Waals surface area contributed by atoms with Crippen molar-refractivity contribution in [2.45, 2.75) is 65.1 Å². The van der Waals surface area contributed by atoms with E-state index in [9.17, 15) is 9.59 Å². The maximum atomic E-state index is 13.4. The topological polar surface area (TPSA) is 92.6 Å². The molecule has 0 radical (unpaired) electrons. The molecule has 9 nitrogen and oxygen atoms in total. The molecule has 5 rings (SSSR count). The molecule has 212 valence electrons. The third kappa shape index (κ3) is 6.26. The van der Waals surface area contributed by atoms with Crippen LogP contribution in [-0.2, 0) is 16.1 Å². The summed E-state index contributed by atoms with van der Waals surface area (Å²) in [5.74, 6) is 0.313. The van der Waals surface area contributed by atoms with Gasteiger partial charge in [0.1, 0.15) is 0 Å². The summed E-state index contributed by atoms with van der Waals surface area (Å²) in [6.45, 7) is 9.69. The summed E-state index contributed by atoms with van der Waals surface area (Å²) in [4.78, 5) is 39.9. The normalized spacial score (nSPS) is 20.4. The Morgan fingerprint density at radius 2 is 1.85 bits per heavy atom. The molecule has 3 aromatic rings. The Hall–Kier alpha value is -3.56. The summed E-state index contributed by atoms with van der Waals surface area (Å²) >= 11 is 0. The number of nitrogens with zero attached hydrogens (tertiary/aromatic N) is 5. The molecular weight excluding hydrogens is 504 g/mol. The van der Waals surface area contributed by atoms with Crippen LogP contribution in [0.5, 0.6) is 0 Å². The number of likely N-dealkylation sites (tertiary alicyclic amines) is 2. The first-order chi connectivity index (χ1) is 19.3. The van der Waals surface area contributed by atoms with Crippen LogP contribution in [0.15, 0.2) is 42.5 Å². The largest absolute Gasteiger partial charge is 0.380 e. The number of hydrogen-bond donors (Lipinski definition) is 1. The lowest BCUT2D eigenvalue weighted by atomic mass is 10.1. The van der Waals surface area contributed by atoms with Gasteiger partial charge in [-0.15, -0.1) is 0 Å². The van der Waals surface area contributed by atoms with E-state index in [0.717, 1.165) is 74.3 Å². The van der Waals surface area contributed by atoms with E-state index in [2.05, 4.69) is 38.0 Å². The molecule has 1 aromatic carbocycles. The Morgan fingerprint density at radius 3 is 2.58 bits per heavy atom. The number of aromatic nitrogens is 3. The van der Waals surface area contributed by atoms with Crippen molar-refractivity contribution in [2.24, 2.45) is 0 Å². The van der Waals surface area contributed by atoms with E-state index >= 15 is 0 Å². The second kappa shape index (κ2) is 12.3. The van der Waals surface area contributed by atoms with E-state index in [1.54, 1.807) is 31.4 Å². The molecule has 2 aromatic heterocycles. The van der Waals surface area contributed by atoms with Crippen LogP contribution in [0.3, 0.4) is 0 Å². The standard InChI is InChI=1S/C31H40N6O3/c1-5-8-29(38)36-13-7-6-9-25(19-36)37-28-11-10-23(18-35-14-12-26(20-35)40-4)17-27(28)33-31(37)34-30(39)24-15-21(2)32-22(3)16-24/h5,8,10-11,15-17,25-26H,6-7,9,12-14,18-20H2,1-4H3,(H,33,34,39)/t25-,26+/m1/s1. The number of methoxy groups -OCH3 is 1. The van der Waals surface area contributed by atoms with Crippen molar-refractivity contribution in [3.8, 4) is 0 Å². The highest BCUT2D eigenvalue weighted by atomic mass is 16.5. The van der Waals surface area contributed by atoms with Crippen LogP contribution >= 0.6 is 0 Å². The van der Waals surface area contributed by atoms with Crippen LogP contribution < -0.4 is 5.32 Å². The van der Waals surface area contributed by atoms with Crippen molar-refractivity contribution in [1.82, 2.24) is 24.3 Å². The summed E-state index contributed by atoms with van der Waals surface area (Å²) < 4.78 is 7.68. The molecule has 0 unspecified atom stereocenters. The number of fused-ring (bicyclic) bond motifs is 1. The average Bonchev–Trinajstić information content (AvgIpc) is 3.43. The van der Waals surface area contributed by atoms with Gasteiger partial charge in [-0.2, -0.15) is 0 Å². The number of anilines is 1. The molecule has 2 amide bonds. The van der Waals surface area contributed by atoms with Gasteiger partial charge in [0.25, 0.3) is 5.91 Å². The quantitative estimate of drug-likeness (QED) is 0.436. The number of nitrogens with one attached hydrogen (secondary N) is 1. The summed E-state index contributed by atoms with van der Waals surface area (Å²) in [5.41, 5.74) is 5.12. The molecule has 0 spiro atoms. The lowest BCUT2D eigenvalue weighted by Crippen LogP contribution is -2.34. The SMILES string of the molecule is CC=CC(=O)N1CCCC[C@@H](n2c(NC(=O)c3cc(C)nc(C)c3)nc3cc(CN4CC[C@H](OC)C4)ccc32)C1. The van der Waals surface area contributed by atoms with Gasteiger partial charge in [0, 0.05) is 56.8 Å². The number of imidazole rings is 1. The van der Waals surface area contributed by atoms with Crippen LogP contribution in [0, 0.1) is 13.8 Å². The summed E-state index contributed by atoms with van der Waals surface area (Å²) in [6.07, 6.45) is 7.59. The number of allylic oxidation sites excluding steroid dienone is 1. The minimum absolute atomic E-state index is 0.00943. The third-order valence-electron chi connectivity index (χ3n) is 7.92. The molecule has 4 heterocycles. The van der Waals surface area contributed by atoms with E-state index < -0.39 is 0 Å². The number of aryl methyl sites for hydroxylation is 2. The van der Waals surface area contributed by atoms with E-state index in [1.165, 1.54) is 5.56 Å². The molecule has 40 heavy (non-hydrogen) atoms. The highest BCUT2D eigenvalue weighted by molar-refractivity contribution is 6.04. The van der Waals surface area contributed by atoms with E-state index in [4.69, 9.17) is 9.72 Å². The highest BCUT2D eigenvalue weighted by Crippen LogP contribution is 2.31. The minimum atomic E-state index is -0.219. The van der Waals surface area contributed by atoms with Crippen molar-refractivity contribution in [2.75, 3.05) is 38.6 Å². The van der Waals surface area contributed by atoms with E-state index in [0.29, 0.717) is 18.1 Å². The van der Waals surface area contributed by atoms with Crippen molar-refractivity contribution < 1.29 is 14.3 Å². The zero-order chi connectivity index (χ0) is 28.2. The molecule has 1 N–H and O–H groups in total. The van der Waals surface area contributed by atoms with Crippen molar-refractivity contribution in [1.29, 1.82) is 0 Å². The maximum Gasteiger partial charge on any atom is 0.258 e. The molecule has 0 bridgehead atoms. The Morgan fingerprint density at radius 1 is 1.05 bits per heavy atom. The first kappa shape index (κ1) is 28.0. The number of amides is 2. The Labute approximate surface area is 236 Å². The molecule has 2 aliphatic heterocycles. The molecular formula is C31H40N6O3. The first-order valence-electron chi connectivity index (χ1n) is 14.3. The summed E-state index contributed by atoms with van der Waals surface area (Å²) in [6, 6.07) is 9.97. The molecule has 2 atom stereocenters. The summed E-state index contributed by atoms with van der Waals surface area (Å²) in [5, 5.41) is 3.10. The molecule has 0 aliphatic carbocycles. The second-order valence-electron chi connectivity index (χ2n) is 11.0. The molecule has 0 saturated carbocycles. The van der Waals surface area contributed by atoms with Gasteiger partial charge in [-0.3, -0.25) is 24.8 Å². The van der Waals surface area contributed by atoms with Crippen LogP contribution in [-0.4, -0.2) is 75.5 Å². The molecule has 2 fully saturated rings. The summed E-state index contributed by atoms with van der Waals surface area (Å²) in [7, 11) is 1.78. The minimum Gasteiger partial charge on any atom is -0.380 e. The second-order valence-corrected chi connectivity index (χ2v) is 11.0. The van der Waals surface area contributed by atoms with Gasteiger partial charge in [-0.05, 0) is 82.4 Å². The van der Waals surface area contributed by atoms with Crippen molar-refractivity contribution >= 4 is 28.8 Å². The molecule has 2 saturated heterocycles. The maximum absolute atomic E-state index is 13.4. The van der Waals surface area contributed by atoms with Gasteiger partial charge in [-0.1, -0.05) is 12.1 Å². The van der Waals surface area contributed by atoms with Crippen molar-refractivity contribution in [3.63, 3.8) is 0 Å². The number of benzene rings is 1. The van der Waals surface area contributed by atoms with Crippen LogP contribution in [0.4, 0.5) is 5.95 Å². The number of rotatable bonds is 7. The van der Waals surface area contributed by atoms with Gasteiger partial charge >= 0.3 is 0 Å². The Balaban J connectivity index is 1.50. The monoisotopic (exact) mass is 544 g/mol. The predicted molar refractivity (Wildman–Crippen MR) is 156 cm³/mol. The number of pyridine rings is 1. The number of carbonyl (C=O) groups excluding carboxylic acids is 2. The zero-order valence-corrected chi connectivity index (χ0v) is 24.0. The molecule has 9 heteroatoms. The van der Waals surface area contributed by atoms with E-state index in [1.807, 2.05) is 25.7 Å². The lowest BCUT2D eigenvalue weighted by Gasteiger charge is -2.26. The average molecular weight is 545 g/mol. The van der Waals surface area contributed by atoms with Crippen LogP contribution in [0.25, 0.3) is 11.0 Å². The Bertz CT molecular complexity index is 1390. The van der Waals surface area contributed by atoms with E-state index in [-0.39, 0.29) is 24.0 Å². The predicted octanol–water partition coefficient (Wildman–Crippen LogP) is 4.65. The highest BCUT2D eigenvalue weighted by Gasteiger charge is 2.27. The zero-order valence-electron chi connectivity index (χ0n) is 24.0. The fraction of sp³-hybridized carbons (Fsp3) is 0.484. The fourth-order valence-corrected chi connectivity index (χ4v) is 6.01. The van der Waals surface area contributed by atoms with Gasteiger partial charge < -0.3 is 14.2 Å². The first-order valence-corrected chi connectivity index (χ1v) is 14.3. The number of carbonyl (C=O) groups is 2. The smallest absolute Gasteiger partial charge is 0.258 e. The van der Waals surface area contributed by atoms with Gasteiger partial charge in [0.15, 0.2) is 0 Å². The fourth-order valence-electron chi connectivity index (χ4n) is 6.01. The van der Waals surface area contributed by atoms with Gasteiger partial charge in [0.2, 0.25) is 11.9 Å². The lowest BCUT2D eigenvalue weighted by molar-refractivity contribution is -0.126. The number of ether oxygens (including phenoxy) is 1.